The molecule has 2 aromatic rings. The lowest BCUT2D eigenvalue weighted by Crippen LogP contribution is -1.96. The minimum Gasteiger partial charge on any atom is -0.252 e. The molecule has 1 aromatic heterocycles. The van der Waals surface area contributed by atoms with E-state index in [4.69, 9.17) is 11.6 Å². The van der Waals surface area contributed by atoms with Crippen LogP contribution in [0, 0.1) is 0 Å². The van der Waals surface area contributed by atoms with Gasteiger partial charge in [0.2, 0.25) is 0 Å². The number of hydrogen-bond acceptors (Lipinski definition) is 3. The molecule has 1 aromatic carbocycles. The molecule has 0 aliphatic carbocycles. The van der Waals surface area contributed by atoms with Gasteiger partial charge >= 0.3 is 0 Å². The Labute approximate surface area is 120 Å². The molecule has 0 saturated carbocycles. The normalized spacial score (nSPS) is 12.6. The Kier molecular flexibility index (Phi) is 4.73. The molecule has 90 valence electrons. The first-order chi connectivity index (χ1) is 8.19. The van der Waals surface area contributed by atoms with E-state index in [1.807, 2.05) is 17.5 Å². The van der Waals surface area contributed by atoms with Crippen LogP contribution in [0.5, 0.6) is 0 Å². The highest BCUT2D eigenvalue weighted by atomic mass is 79.9. The molecule has 0 radical (unpaired) electrons. The van der Waals surface area contributed by atoms with Crippen molar-refractivity contribution in [1.29, 1.82) is 0 Å². The minimum atomic E-state index is -1.08. The van der Waals surface area contributed by atoms with Gasteiger partial charge in [-0.05, 0) is 17.7 Å². The molecule has 0 bridgehead atoms. The van der Waals surface area contributed by atoms with E-state index in [2.05, 4.69) is 20.9 Å². The smallest absolute Gasteiger partial charge is 0.181 e. The van der Waals surface area contributed by atoms with E-state index in [1.165, 1.54) is 11.3 Å². The fourth-order valence-corrected chi connectivity index (χ4v) is 4.01. The van der Waals surface area contributed by atoms with E-state index in [1.54, 1.807) is 12.1 Å². The molecule has 0 amide bonds. The maximum Gasteiger partial charge on any atom is 0.181 e. The van der Waals surface area contributed by atoms with Crippen molar-refractivity contribution in [3.8, 4) is 0 Å². The molecule has 0 fully saturated rings. The van der Waals surface area contributed by atoms with Gasteiger partial charge in [-0.2, -0.15) is 0 Å². The van der Waals surface area contributed by atoms with Gasteiger partial charge in [0.1, 0.15) is 0 Å². The van der Waals surface area contributed by atoms with E-state index >= 15 is 0 Å². The highest BCUT2D eigenvalue weighted by Gasteiger charge is 2.09. The highest BCUT2D eigenvalue weighted by molar-refractivity contribution is 9.08. The molecule has 17 heavy (non-hydrogen) atoms. The third-order valence-electron chi connectivity index (χ3n) is 2.07. The van der Waals surface area contributed by atoms with Crippen molar-refractivity contribution in [1.82, 2.24) is 4.98 Å². The topological polar surface area (TPSA) is 30.0 Å². The van der Waals surface area contributed by atoms with Gasteiger partial charge in [0.15, 0.2) is 4.34 Å². The molecule has 1 heterocycles. The number of thiazole rings is 1. The molecule has 0 saturated heterocycles. The molecule has 0 aliphatic rings. The summed E-state index contributed by atoms with van der Waals surface area (Å²) in [6.45, 7) is 0. The maximum atomic E-state index is 12.0. The van der Waals surface area contributed by atoms with Gasteiger partial charge in [0, 0.05) is 15.7 Å². The molecule has 2 rings (SSSR count). The van der Waals surface area contributed by atoms with Gasteiger partial charge in [0.05, 0.1) is 22.2 Å². The van der Waals surface area contributed by atoms with Crippen LogP contribution >= 0.6 is 38.9 Å². The Balaban J connectivity index is 2.08. The Bertz CT molecular complexity index is 527. The summed E-state index contributed by atoms with van der Waals surface area (Å²) in [5.41, 5.74) is 1.93. The number of aromatic nitrogens is 1. The van der Waals surface area contributed by atoms with E-state index < -0.39 is 10.8 Å². The first kappa shape index (κ1) is 13.2. The fourth-order valence-electron chi connectivity index (χ4n) is 1.25. The van der Waals surface area contributed by atoms with E-state index in [9.17, 15) is 4.21 Å². The number of benzene rings is 1. The van der Waals surface area contributed by atoms with Crippen molar-refractivity contribution in [3.63, 3.8) is 0 Å². The average molecular weight is 351 g/mol. The Morgan fingerprint density at radius 1 is 1.35 bits per heavy atom. The molecular formula is C11H9BrClNOS2. The van der Waals surface area contributed by atoms with Gasteiger partial charge in [0.25, 0.3) is 0 Å². The summed E-state index contributed by atoms with van der Waals surface area (Å²) in [4.78, 5) is 4.29. The molecule has 1 atom stereocenters. The summed E-state index contributed by atoms with van der Waals surface area (Å²) in [5, 5.41) is 3.31. The Morgan fingerprint density at radius 2 is 2.06 bits per heavy atom. The lowest BCUT2D eigenvalue weighted by atomic mass is 10.2. The summed E-state index contributed by atoms with van der Waals surface area (Å²) in [7, 11) is -1.08. The first-order valence-electron chi connectivity index (χ1n) is 4.82. The Hall–Kier alpha value is -0.230. The molecule has 0 aliphatic heterocycles. The van der Waals surface area contributed by atoms with E-state index in [0.29, 0.717) is 20.4 Å². The third kappa shape index (κ3) is 3.61. The van der Waals surface area contributed by atoms with Crippen LogP contribution in [0.2, 0.25) is 5.02 Å². The van der Waals surface area contributed by atoms with Crippen molar-refractivity contribution < 1.29 is 4.21 Å². The fraction of sp³-hybridized carbons (Fsp3) is 0.182. The second kappa shape index (κ2) is 6.09. The minimum absolute atomic E-state index is 0.479. The van der Waals surface area contributed by atoms with Crippen LogP contribution in [0.25, 0.3) is 0 Å². The van der Waals surface area contributed by atoms with Gasteiger partial charge < -0.3 is 0 Å². The predicted octanol–water partition coefficient (Wildman–Crippen LogP) is 4.00. The second-order valence-corrected chi connectivity index (χ2v) is 6.83. The van der Waals surface area contributed by atoms with Crippen LogP contribution in [-0.2, 0) is 21.9 Å². The molecule has 6 heteroatoms. The lowest BCUT2D eigenvalue weighted by Gasteiger charge is -1.99. The number of alkyl halides is 1. The zero-order valence-electron chi connectivity index (χ0n) is 8.73. The van der Waals surface area contributed by atoms with Crippen LogP contribution in [0.3, 0.4) is 0 Å². The summed E-state index contributed by atoms with van der Waals surface area (Å²) in [6.07, 6.45) is 0. The van der Waals surface area contributed by atoms with Crippen molar-refractivity contribution in [2.75, 3.05) is 0 Å². The zero-order chi connectivity index (χ0) is 12.3. The number of hydrogen-bond donors (Lipinski definition) is 0. The predicted molar refractivity (Wildman–Crippen MR) is 76.3 cm³/mol. The number of halogens is 2. The van der Waals surface area contributed by atoms with Crippen LogP contribution in [0.15, 0.2) is 34.0 Å². The SMILES string of the molecule is O=S(Cc1ccc(Cl)cc1)c1nc(CBr)cs1. The first-order valence-corrected chi connectivity index (χ1v) is 8.52. The van der Waals surface area contributed by atoms with Crippen molar-refractivity contribution in [2.24, 2.45) is 0 Å². The second-order valence-electron chi connectivity index (χ2n) is 3.35. The molecule has 0 N–H and O–H groups in total. The van der Waals surface area contributed by atoms with Crippen molar-refractivity contribution in [3.05, 3.63) is 45.9 Å². The highest BCUT2D eigenvalue weighted by Crippen LogP contribution is 2.19. The zero-order valence-corrected chi connectivity index (χ0v) is 12.7. The van der Waals surface area contributed by atoms with Crippen molar-refractivity contribution in [2.45, 2.75) is 15.4 Å². The van der Waals surface area contributed by atoms with E-state index in [0.717, 1.165) is 11.3 Å². The third-order valence-corrected chi connectivity index (χ3v) is 5.51. The van der Waals surface area contributed by atoms with Gasteiger partial charge in [-0.1, -0.05) is 39.7 Å². The van der Waals surface area contributed by atoms with Crippen LogP contribution in [0.4, 0.5) is 0 Å². The van der Waals surface area contributed by atoms with Crippen LogP contribution < -0.4 is 0 Å². The van der Waals surface area contributed by atoms with Crippen molar-refractivity contribution >= 4 is 49.7 Å². The lowest BCUT2D eigenvalue weighted by molar-refractivity contribution is 0.681. The maximum absolute atomic E-state index is 12.0. The number of nitrogens with zero attached hydrogens (tertiary/aromatic N) is 1. The Morgan fingerprint density at radius 3 is 2.65 bits per heavy atom. The van der Waals surface area contributed by atoms with Gasteiger partial charge in [-0.25, -0.2) is 4.98 Å². The van der Waals surface area contributed by atoms with Gasteiger partial charge in [-0.3, -0.25) is 4.21 Å². The summed E-state index contributed by atoms with van der Waals surface area (Å²) in [5.74, 6) is 0.479. The van der Waals surface area contributed by atoms with Crippen LogP contribution in [-0.4, -0.2) is 9.19 Å². The summed E-state index contributed by atoms with van der Waals surface area (Å²) >= 11 is 10.6. The van der Waals surface area contributed by atoms with Gasteiger partial charge in [-0.15, -0.1) is 11.3 Å². The molecular weight excluding hydrogens is 342 g/mol. The molecule has 1 unspecified atom stereocenters. The number of rotatable bonds is 4. The summed E-state index contributed by atoms with van der Waals surface area (Å²) < 4.78 is 12.7. The molecule has 0 spiro atoms. The summed E-state index contributed by atoms with van der Waals surface area (Å²) in [6, 6.07) is 7.39. The largest absolute Gasteiger partial charge is 0.252 e. The monoisotopic (exact) mass is 349 g/mol. The molecule has 2 nitrogen and oxygen atoms in total. The quantitative estimate of drug-likeness (QED) is 0.780. The standard InChI is InChI=1S/C11H9BrClNOS2/c12-5-10-6-16-11(14-10)17(15)7-8-1-3-9(13)4-2-8/h1-4,6H,5,7H2. The van der Waals surface area contributed by atoms with Crippen LogP contribution in [0.1, 0.15) is 11.3 Å². The van der Waals surface area contributed by atoms with E-state index in [-0.39, 0.29) is 0 Å². The average Bonchev–Trinajstić information content (AvgIpc) is 2.81.